The minimum atomic E-state index is 0.525. The lowest BCUT2D eigenvalue weighted by Crippen LogP contribution is -2.09. The van der Waals surface area contributed by atoms with Crippen LogP contribution in [0.1, 0.15) is 30.5 Å². The quantitative estimate of drug-likeness (QED) is 0.267. The molecule has 0 spiro atoms. The third kappa shape index (κ3) is 11.6. The molecule has 0 atom stereocenters. The molecule has 0 unspecified atom stereocenters. The maximum atomic E-state index is 9.98. The van der Waals surface area contributed by atoms with Crippen molar-refractivity contribution >= 4 is 39.8 Å². The molecule has 0 amide bonds. The number of carbonyl (C=O) groups is 1. The zero-order valence-corrected chi connectivity index (χ0v) is 23.4. The zero-order valence-electron chi connectivity index (χ0n) is 21.8. The second-order valence-electron chi connectivity index (χ2n) is 7.29. The fourth-order valence-electron chi connectivity index (χ4n) is 2.74. The average molecular weight is 552 g/mol. The fourth-order valence-corrected chi connectivity index (χ4v) is 2.98. The van der Waals surface area contributed by atoms with Gasteiger partial charge in [-0.1, -0.05) is 61.9 Å². The van der Waals surface area contributed by atoms with Gasteiger partial charge in [-0.3, -0.25) is 0 Å². The number of anilines is 1. The van der Waals surface area contributed by atoms with E-state index in [0.717, 1.165) is 10.0 Å². The van der Waals surface area contributed by atoms with Crippen molar-refractivity contribution in [3.8, 4) is 0 Å². The molecule has 0 saturated carbocycles. The van der Waals surface area contributed by atoms with Gasteiger partial charge in [-0.2, -0.15) is 0 Å². The van der Waals surface area contributed by atoms with E-state index in [1.54, 1.807) is 24.4 Å². The van der Waals surface area contributed by atoms with Crippen molar-refractivity contribution in [2.24, 2.45) is 5.18 Å². The Morgan fingerprint density at radius 1 is 0.944 bits per heavy atom. The number of hydrogen-bond donors (Lipinski definition) is 1. The number of rotatable bonds is 3. The van der Waals surface area contributed by atoms with E-state index in [0.29, 0.717) is 11.5 Å². The number of aromatic nitrogens is 1. The van der Waals surface area contributed by atoms with Crippen molar-refractivity contribution in [2.75, 3.05) is 19.8 Å². The number of likely N-dealkylation sites (N-methyl/N-ethyl adjacent to an activating group) is 1. The van der Waals surface area contributed by atoms with Crippen LogP contribution in [0, 0.1) is 18.8 Å². The molecule has 1 aromatic heterocycles. The number of carbonyl (C=O) groups excluding carboxylic acids is 1. The van der Waals surface area contributed by atoms with Crippen LogP contribution in [-0.4, -0.2) is 30.8 Å². The first-order valence-electron chi connectivity index (χ1n) is 11.3. The van der Waals surface area contributed by atoms with E-state index in [9.17, 15) is 4.91 Å². The Kier molecular flexibility index (Phi) is 16.6. The maximum Gasteiger partial charge on any atom is 0.123 e. The molecule has 190 valence electrons. The number of allylic oxidation sites excluding steroid dienone is 2. The molecule has 1 aliphatic carbocycles. The normalized spacial score (nSPS) is 10.3. The van der Waals surface area contributed by atoms with Gasteiger partial charge in [0.15, 0.2) is 0 Å². The Hall–Kier alpha value is -3.80. The summed E-state index contributed by atoms with van der Waals surface area (Å²) in [6.45, 7) is 9.96. The predicted octanol–water partition coefficient (Wildman–Crippen LogP) is 7.65. The van der Waals surface area contributed by atoms with Crippen LogP contribution < -0.4 is 5.73 Å². The Bertz CT molecular complexity index is 1130. The molecule has 4 rings (SSSR count). The molecule has 0 aliphatic heterocycles. The van der Waals surface area contributed by atoms with Crippen LogP contribution in [-0.2, 0) is 4.79 Å². The fraction of sp³-hybridized carbons (Fsp3) is 0.207. The summed E-state index contributed by atoms with van der Waals surface area (Å²) in [7, 11) is 4.11. The van der Waals surface area contributed by atoms with E-state index < -0.39 is 0 Å². The van der Waals surface area contributed by atoms with Gasteiger partial charge in [0, 0.05) is 36.4 Å². The molecule has 1 heterocycles. The topological polar surface area (TPSA) is 88.7 Å². The number of nitroso groups, excluding NO2 is 1. The lowest BCUT2D eigenvalue weighted by molar-refractivity contribution is -0.0979. The van der Waals surface area contributed by atoms with Gasteiger partial charge in [-0.15, -0.1) is 10.6 Å². The summed E-state index contributed by atoms with van der Waals surface area (Å²) in [5, 5.41) is 2.82. The second kappa shape index (κ2) is 18.5. The van der Waals surface area contributed by atoms with Crippen LogP contribution in [0.15, 0.2) is 100 Å². The highest BCUT2D eigenvalue weighted by atomic mass is 79.9. The Morgan fingerprint density at radius 3 is 2.00 bits per heavy atom. The highest BCUT2D eigenvalue weighted by Crippen LogP contribution is 2.25. The van der Waals surface area contributed by atoms with Gasteiger partial charge in [0.1, 0.15) is 18.3 Å². The first-order valence-corrected chi connectivity index (χ1v) is 12.1. The summed E-state index contributed by atoms with van der Waals surface area (Å²) < 4.78 is 0.951. The number of halogens is 1. The van der Waals surface area contributed by atoms with Crippen molar-refractivity contribution in [3.63, 3.8) is 0 Å². The molecule has 7 heteroatoms. The first-order chi connectivity index (χ1) is 17.3. The van der Waals surface area contributed by atoms with Crippen LogP contribution in [0.3, 0.4) is 0 Å². The van der Waals surface area contributed by atoms with Gasteiger partial charge in [-0.05, 0) is 70.4 Å². The van der Waals surface area contributed by atoms with Gasteiger partial charge in [-0.25, -0.2) is 4.98 Å². The molecule has 0 radical (unpaired) electrons. The molecule has 2 N–H and O–H groups in total. The van der Waals surface area contributed by atoms with Crippen molar-refractivity contribution in [1.29, 1.82) is 0 Å². The van der Waals surface area contributed by atoms with Crippen LogP contribution in [0.25, 0.3) is 5.57 Å². The van der Waals surface area contributed by atoms with Crippen LogP contribution in [0.2, 0.25) is 0 Å². The summed E-state index contributed by atoms with van der Waals surface area (Å²) in [5.41, 5.74) is 14.9. The number of aryl methyl sites for hydroxylation is 2. The van der Waals surface area contributed by atoms with Crippen LogP contribution in [0.4, 0.5) is 11.5 Å². The lowest BCUT2D eigenvalue weighted by Gasteiger charge is -2.15. The second-order valence-corrected chi connectivity index (χ2v) is 8.21. The van der Waals surface area contributed by atoms with Gasteiger partial charge >= 0.3 is 0 Å². The van der Waals surface area contributed by atoms with Gasteiger partial charge in [0.05, 0.1) is 5.70 Å². The number of pyridine rings is 1. The monoisotopic (exact) mass is 550 g/mol. The molecule has 0 bridgehead atoms. The van der Waals surface area contributed by atoms with Crippen molar-refractivity contribution in [2.45, 2.75) is 27.7 Å². The summed E-state index contributed by atoms with van der Waals surface area (Å²) in [6, 6.07) is 19.4. The molecular weight excluding hydrogens is 516 g/mol. The molecule has 36 heavy (non-hydrogen) atoms. The first kappa shape index (κ1) is 32.2. The molecule has 6 nitrogen and oxygen atoms in total. The van der Waals surface area contributed by atoms with Crippen molar-refractivity contribution in [3.05, 3.63) is 117 Å². The van der Waals surface area contributed by atoms with E-state index in [4.69, 9.17) is 10.5 Å². The van der Waals surface area contributed by atoms with Gasteiger partial charge < -0.3 is 15.4 Å². The number of nitrogens with two attached hydrogens (primary N) is 1. The number of benzene rings is 2. The number of nitrogen functional groups attached to an aromatic ring is 1. The molecule has 0 fully saturated rings. The van der Waals surface area contributed by atoms with E-state index in [1.165, 1.54) is 22.4 Å². The van der Waals surface area contributed by atoms with E-state index in [-0.39, 0.29) is 0 Å². The Balaban J connectivity index is 0.000000504. The van der Waals surface area contributed by atoms with Crippen LogP contribution >= 0.6 is 15.9 Å². The molecule has 3 aromatic rings. The highest BCUT2D eigenvalue weighted by molar-refractivity contribution is 9.10. The Morgan fingerprint density at radius 2 is 1.56 bits per heavy atom. The largest absolute Gasteiger partial charge is 0.384 e. The summed E-state index contributed by atoms with van der Waals surface area (Å²) >= 11 is 3.23. The summed E-state index contributed by atoms with van der Waals surface area (Å²) in [6.07, 6.45) is 5.73. The maximum absolute atomic E-state index is 9.98. The van der Waals surface area contributed by atoms with E-state index >= 15 is 0 Å². The standard InChI is InChI=1S/C14H15N.C7H7NO.C5H5BrN2.C2H6.CH2O/c1-11-7-9-12(10-8-11)13-5-4-6-14(13)15(2)3;1-6-4-2-3-5-7(6)8-9;6-4-1-2-5(7)8-3-4;2*1-2/h5-10H,1-3H3;2-5H,1H3;1-3H,(H2,7,8);1-2H3;1H2. The molecule has 1 aliphatic rings. The smallest absolute Gasteiger partial charge is 0.123 e. The van der Waals surface area contributed by atoms with E-state index in [1.807, 2.05) is 57.9 Å². The SMILES string of the molecule is C=O.CC.Cc1ccc(C2=C(N(C)C)C=C=C2)cc1.Cc1ccccc1N=O.Nc1ccc(Br)cn1. The highest BCUT2D eigenvalue weighted by Gasteiger charge is 2.09. The number of hydrogen-bond acceptors (Lipinski definition) is 6. The summed E-state index contributed by atoms with van der Waals surface area (Å²) in [4.78, 5) is 23.9. The van der Waals surface area contributed by atoms with Gasteiger partial charge in [0.2, 0.25) is 0 Å². The van der Waals surface area contributed by atoms with E-state index in [2.05, 4.69) is 82.0 Å². The molecule has 2 aromatic carbocycles. The minimum absolute atomic E-state index is 0.525. The lowest BCUT2D eigenvalue weighted by atomic mass is 10.0. The third-order valence-corrected chi connectivity index (χ3v) is 5.00. The van der Waals surface area contributed by atoms with Gasteiger partial charge in [0.25, 0.3) is 0 Å². The molecular formula is C29H35BrN4O2. The summed E-state index contributed by atoms with van der Waals surface area (Å²) in [5.74, 6) is 0.549. The van der Waals surface area contributed by atoms with Crippen LogP contribution in [0.5, 0.6) is 0 Å². The molecule has 0 saturated heterocycles. The average Bonchev–Trinajstić information content (AvgIpc) is 3.40. The third-order valence-electron chi connectivity index (χ3n) is 4.53. The number of nitrogens with zero attached hydrogens (tertiary/aromatic N) is 3. The van der Waals surface area contributed by atoms with Crippen molar-refractivity contribution in [1.82, 2.24) is 9.88 Å². The zero-order chi connectivity index (χ0) is 27.5. The predicted molar refractivity (Wildman–Crippen MR) is 156 cm³/mol. The Labute approximate surface area is 223 Å². The van der Waals surface area contributed by atoms with Crippen molar-refractivity contribution < 1.29 is 4.79 Å². The minimum Gasteiger partial charge on any atom is -0.384 e.